The van der Waals surface area contributed by atoms with Crippen LogP contribution in [0.1, 0.15) is 28.4 Å². The minimum Gasteiger partial charge on any atom is -0.490 e. The van der Waals surface area contributed by atoms with Gasteiger partial charge in [-0.3, -0.25) is 4.79 Å². The van der Waals surface area contributed by atoms with Gasteiger partial charge in [-0.1, -0.05) is 46.9 Å². The van der Waals surface area contributed by atoms with Crippen LogP contribution in [0.4, 0.5) is 0 Å². The van der Waals surface area contributed by atoms with Crippen LogP contribution in [0.2, 0.25) is 15.1 Å². The number of amides is 1. The lowest BCUT2D eigenvalue weighted by Crippen LogP contribution is -2.17. The van der Waals surface area contributed by atoms with Crippen molar-refractivity contribution in [2.45, 2.75) is 13.5 Å². The molecular formula is C23H19Cl3N2O3. The van der Waals surface area contributed by atoms with Gasteiger partial charge in [-0.15, -0.1) is 0 Å². The highest BCUT2D eigenvalue weighted by Gasteiger charge is 2.13. The zero-order valence-corrected chi connectivity index (χ0v) is 18.8. The molecular weight excluding hydrogens is 459 g/mol. The summed E-state index contributed by atoms with van der Waals surface area (Å²) in [5.41, 5.74) is 4.50. The van der Waals surface area contributed by atoms with Crippen molar-refractivity contribution >= 4 is 46.9 Å². The number of carbonyl (C=O) groups excluding carboxylic acids is 1. The summed E-state index contributed by atoms with van der Waals surface area (Å²) in [4.78, 5) is 12.1. The van der Waals surface area contributed by atoms with Crippen LogP contribution in [0.15, 0.2) is 65.8 Å². The molecule has 0 saturated carbocycles. The summed E-state index contributed by atoms with van der Waals surface area (Å²) in [5.74, 6) is 0.558. The number of carbonyl (C=O) groups is 1. The molecule has 0 aromatic heterocycles. The molecule has 0 unspecified atom stereocenters. The number of hydrazone groups is 1. The summed E-state index contributed by atoms with van der Waals surface area (Å²) in [7, 11) is 0. The topological polar surface area (TPSA) is 59.9 Å². The standard InChI is InChI=1S/C23H19Cl3N2O3/c1-2-30-21-12-16(13-27-28-23(29)17-5-9-19(25)10-6-17)11-20(26)22(21)31-14-15-3-7-18(24)8-4-15/h3-13H,2,14H2,1H3,(H,28,29)/b27-13+. The number of benzene rings is 3. The first-order valence-corrected chi connectivity index (χ1v) is 10.5. The van der Waals surface area contributed by atoms with Gasteiger partial charge in [0.15, 0.2) is 11.5 Å². The predicted octanol–water partition coefficient (Wildman–Crippen LogP) is 6.39. The molecule has 0 aliphatic carbocycles. The predicted molar refractivity (Wildman–Crippen MR) is 125 cm³/mol. The van der Waals surface area contributed by atoms with E-state index in [0.29, 0.717) is 50.9 Å². The molecule has 0 radical (unpaired) electrons. The van der Waals surface area contributed by atoms with E-state index in [4.69, 9.17) is 44.3 Å². The van der Waals surface area contributed by atoms with E-state index in [1.807, 2.05) is 19.1 Å². The van der Waals surface area contributed by atoms with Gasteiger partial charge in [0.25, 0.3) is 5.91 Å². The average Bonchev–Trinajstić information content (AvgIpc) is 2.75. The SMILES string of the molecule is CCOc1cc(/C=N/NC(=O)c2ccc(Cl)cc2)cc(Cl)c1OCc1ccc(Cl)cc1. The van der Waals surface area contributed by atoms with Crippen molar-refractivity contribution in [3.63, 3.8) is 0 Å². The Morgan fingerprint density at radius 2 is 1.61 bits per heavy atom. The lowest BCUT2D eigenvalue weighted by Gasteiger charge is -2.14. The van der Waals surface area contributed by atoms with Crippen molar-refractivity contribution < 1.29 is 14.3 Å². The molecule has 160 valence electrons. The Morgan fingerprint density at radius 1 is 0.968 bits per heavy atom. The third-order valence-corrected chi connectivity index (χ3v) is 4.90. The van der Waals surface area contributed by atoms with Crippen molar-refractivity contribution in [3.05, 3.63) is 92.4 Å². The molecule has 3 rings (SSSR count). The fourth-order valence-electron chi connectivity index (χ4n) is 2.63. The zero-order valence-electron chi connectivity index (χ0n) is 16.6. The first kappa shape index (κ1) is 22.9. The molecule has 0 saturated heterocycles. The summed E-state index contributed by atoms with van der Waals surface area (Å²) in [5, 5.41) is 5.56. The fourth-order valence-corrected chi connectivity index (χ4v) is 3.16. The first-order valence-electron chi connectivity index (χ1n) is 9.39. The number of nitrogens with one attached hydrogen (secondary N) is 1. The van der Waals surface area contributed by atoms with Gasteiger partial charge in [-0.2, -0.15) is 5.10 Å². The van der Waals surface area contributed by atoms with Crippen molar-refractivity contribution in [1.82, 2.24) is 5.43 Å². The van der Waals surface area contributed by atoms with Crippen LogP contribution in [0.3, 0.4) is 0 Å². The highest BCUT2D eigenvalue weighted by Crippen LogP contribution is 2.37. The number of rotatable bonds is 8. The van der Waals surface area contributed by atoms with Gasteiger partial charge in [-0.25, -0.2) is 5.43 Å². The lowest BCUT2D eigenvalue weighted by molar-refractivity contribution is 0.0955. The van der Waals surface area contributed by atoms with Crippen molar-refractivity contribution in [2.24, 2.45) is 5.10 Å². The third kappa shape index (κ3) is 6.62. The molecule has 8 heteroatoms. The van der Waals surface area contributed by atoms with Gasteiger partial charge >= 0.3 is 0 Å². The molecule has 0 atom stereocenters. The van der Waals surface area contributed by atoms with Crippen LogP contribution in [0.5, 0.6) is 11.5 Å². The molecule has 31 heavy (non-hydrogen) atoms. The van der Waals surface area contributed by atoms with E-state index >= 15 is 0 Å². The maximum Gasteiger partial charge on any atom is 0.271 e. The van der Waals surface area contributed by atoms with Crippen LogP contribution in [0.25, 0.3) is 0 Å². The molecule has 1 amide bonds. The van der Waals surface area contributed by atoms with Crippen molar-refractivity contribution in [1.29, 1.82) is 0 Å². The quantitative estimate of drug-likeness (QED) is 0.302. The van der Waals surface area contributed by atoms with E-state index in [9.17, 15) is 4.79 Å². The Balaban J connectivity index is 1.71. The molecule has 0 heterocycles. The average molecular weight is 478 g/mol. The number of hydrogen-bond acceptors (Lipinski definition) is 4. The second-order valence-corrected chi connectivity index (χ2v) is 7.66. The number of ether oxygens (including phenoxy) is 2. The van der Waals surface area contributed by atoms with Gasteiger partial charge in [0.1, 0.15) is 6.61 Å². The van der Waals surface area contributed by atoms with E-state index < -0.39 is 0 Å². The summed E-state index contributed by atoms with van der Waals surface area (Å²) < 4.78 is 11.6. The molecule has 0 bridgehead atoms. The molecule has 0 aliphatic heterocycles. The van der Waals surface area contributed by atoms with Gasteiger partial charge in [0, 0.05) is 15.6 Å². The van der Waals surface area contributed by atoms with Crippen molar-refractivity contribution in [2.75, 3.05) is 6.61 Å². The Labute approximate surface area is 195 Å². The van der Waals surface area contributed by atoms with E-state index in [2.05, 4.69) is 10.5 Å². The Bertz CT molecular complexity index is 1070. The molecule has 1 N–H and O–H groups in total. The molecule has 0 spiro atoms. The number of halogens is 3. The highest BCUT2D eigenvalue weighted by molar-refractivity contribution is 6.32. The van der Waals surface area contributed by atoms with Crippen LogP contribution < -0.4 is 14.9 Å². The minimum absolute atomic E-state index is 0.307. The minimum atomic E-state index is -0.355. The highest BCUT2D eigenvalue weighted by atomic mass is 35.5. The molecule has 0 aliphatic rings. The van der Waals surface area contributed by atoms with Gasteiger partial charge in [0.05, 0.1) is 17.8 Å². The van der Waals surface area contributed by atoms with E-state index in [1.165, 1.54) is 6.21 Å². The summed E-state index contributed by atoms with van der Waals surface area (Å²) in [6.07, 6.45) is 1.48. The normalized spacial score (nSPS) is 10.8. The van der Waals surface area contributed by atoms with Crippen LogP contribution in [-0.4, -0.2) is 18.7 Å². The molecule has 0 fully saturated rings. The van der Waals surface area contributed by atoms with Crippen LogP contribution >= 0.6 is 34.8 Å². The fraction of sp³-hybridized carbons (Fsp3) is 0.130. The van der Waals surface area contributed by atoms with Gasteiger partial charge in [0.2, 0.25) is 0 Å². The number of nitrogens with zero attached hydrogens (tertiary/aromatic N) is 1. The monoisotopic (exact) mass is 476 g/mol. The largest absolute Gasteiger partial charge is 0.490 e. The van der Waals surface area contributed by atoms with Gasteiger partial charge in [-0.05, 0) is 66.6 Å². The Morgan fingerprint density at radius 3 is 2.26 bits per heavy atom. The first-order chi connectivity index (χ1) is 15.0. The van der Waals surface area contributed by atoms with Crippen molar-refractivity contribution in [3.8, 4) is 11.5 Å². The molecule has 5 nitrogen and oxygen atoms in total. The Kier molecular flexibility index (Phi) is 8.18. The van der Waals surface area contributed by atoms with E-state index in [1.54, 1.807) is 48.5 Å². The second-order valence-electron chi connectivity index (χ2n) is 6.38. The van der Waals surface area contributed by atoms with E-state index in [0.717, 1.165) is 5.56 Å². The summed E-state index contributed by atoms with van der Waals surface area (Å²) >= 11 is 18.2. The van der Waals surface area contributed by atoms with E-state index in [-0.39, 0.29) is 5.91 Å². The third-order valence-electron chi connectivity index (χ3n) is 4.11. The Hall–Kier alpha value is -2.73. The molecule has 3 aromatic carbocycles. The summed E-state index contributed by atoms with van der Waals surface area (Å²) in [6.45, 7) is 2.60. The zero-order chi connectivity index (χ0) is 22.2. The maximum absolute atomic E-state index is 12.1. The van der Waals surface area contributed by atoms with Crippen LogP contribution in [-0.2, 0) is 6.61 Å². The van der Waals surface area contributed by atoms with Gasteiger partial charge < -0.3 is 9.47 Å². The second kappa shape index (κ2) is 11.0. The van der Waals surface area contributed by atoms with Crippen LogP contribution in [0, 0.1) is 0 Å². The molecule has 3 aromatic rings. The smallest absolute Gasteiger partial charge is 0.271 e. The summed E-state index contributed by atoms with van der Waals surface area (Å²) in [6, 6.07) is 17.3. The lowest BCUT2D eigenvalue weighted by atomic mass is 10.2. The number of hydrogen-bond donors (Lipinski definition) is 1. The maximum atomic E-state index is 12.1.